The highest BCUT2D eigenvalue weighted by molar-refractivity contribution is 6.28. The summed E-state index contributed by atoms with van der Waals surface area (Å²) in [7, 11) is 1.59. The summed E-state index contributed by atoms with van der Waals surface area (Å²) in [5.41, 5.74) is 0.637. The van der Waals surface area contributed by atoms with Gasteiger partial charge in [-0.2, -0.15) is 9.97 Å². The Morgan fingerprint density at radius 3 is 2.57 bits per heavy atom. The molecule has 1 saturated heterocycles. The summed E-state index contributed by atoms with van der Waals surface area (Å²) in [5, 5.41) is 9.01. The largest absolute Gasteiger partial charge is 0.465 e. The summed E-state index contributed by atoms with van der Waals surface area (Å²) in [4.78, 5) is 36.8. The number of anilines is 1. The van der Waals surface area contributed by atoms with Crippen LogP contribution in [0.25, 0.3) is 11.2 Å². The van der Waals surface area contributed by atoms with Crippen LogP contribution < -0.4 is 10.6 Å². The van der Waals surface area contributed by atoms with Crippen LogP contribution in [0.2, 0.25) is 5.28 Å². The monoisotopic (exact) mass is 312 g/mol. The highest BCUT2D eigenvalue weighted by Crippen LogP contribution is 2.23. The van der Waals surface area contributed by atoms with E-state index in [2.05, 4.69) is 15.0 Å². The van der Waals surface area contributed by atoms with Gasteiger partial charge in [0, 0.05) is 33.2 Å². The molecule has 1 amide bonds. The number of imidazole rings is 1. The van der Waals surface area contributed by atoms with Crippen LogP contribution in [0.15, 0.2) is 4.79 Å². The quantitative estimate of drug-likeness (QED) is 0.724. The zero-order valence-corrected chi connectivity index (χ0v) is 12.0. The average molecular weight is 313 g/mol. The molecule has 0 radical (unpaired) electrons. The Morgan fingerprint density at radius 1 is 1.29 bits per heavy atom. The molecule has 2 aromatic heterocycles. The third-order valence-corrected chi connectivity index (χ3v) is 3.72. The van der Waals surface area contributed by atoms with Crippen LogP contribution in [0, 0.1) is 0 Å². The van der Waals surface area contributed by atoms with Gasteiger partial charge in [0.1, 0.15) is 5.52 Å². The van der Waals surface area contributed by atoms with Crippen molar-refractivity contribution in [2.45, 2.75) is 0 Å². The fourth-order valence-corrected chi connectivity index (χ4v) is 2.55. The predicted molar refractivity (Wildman–Crippen MR) is 76.0 cm³/mol. The number of carboxylic acid groups (broad SMARTS) is 1. The molecule has 0 atom stereocenters. The first kappa shape index (κ1) is 13.7. The second-order valence-corrected chi connectivity index (χ2v) is 5.10. The zero-order valence-electron chi connectivity index (χ0n) is 11.2. The minimum atomic E-state index is -0.936. The van der Waals surface area contributed by atoms with Crippen molar-refractivity contribution in [3.63, 3.8) is 0 Å². The highest BCUT2D eigenvalue weighted by Gasteiger charge is 2.24. The second-order valence-electron chi connectivity index (χ2n) is 4.76. The second kappa shape index (κ2) is 4.92. The molecule has 1 fully saturated rings. The van der Waals surface area contributed by atoms with Gasteiger partial charge in [-0.1, -0.05) is 0 Å². The Morgan fingerprint density at radius 2 is 1.95 bits per heavy atom. The number of hydrogen-bond donors (Lipinski definition) is 2. The number of hydrogen-bond acceptors (Lipinski definition) is 5. The van der Waals surface area contributed by atoms with Crippen molar-refractivity contribution in [1.82, 2.24) is 24.4 Å². The van der Waals surface area contributed by atoms with Crippen molar-refractivity contribution in [2.24, 2.45) is 7.05 Å². The lowest BCUT2D eigenvalue weighted by Gasteiger charge is -2.33. The summed E-state index contributed by atoms with van der Waals surface area (Å²) < 4.78 is 1.36. The molecule has 3 heterocycles. The van der Waals surface area contributed by atoms with Gasteiger partial charge in [-0.25, -0.2) is 9.59 Å². The van der Waals surface area contributed by atoms with Crippen LogP contribution >= 0.6 is 11.6 Å². The van der Waals surface area contributed by atoms with Crippen LogP contribution in [0.5, 0.6) is 0 Å². The number of H-pyrrole nitrogens is 1. The van der Waals surface area contributed by atoms with E-state index in [1.807, 2.05) is 4.90 Å². The minimum absolute atomic E-state index is 0.0489. The Labute approximate surface area is 123 Å². The molecular weight excluding hydrogens is 300 g/mol. The van der Waals surface area contributed by atoms with E-state index in [4.69, 9.17) is 16.7 Å². The van der Waals surface area contributed by atoms with Crippen molar-refractivity contribution < 1.29 is 9.90 Å². The molecule has 3 rings (SSSR count). The molecule has 10 heteroatoms. The lowest BCUT2D eigenvalue weighted by Crippen LogP contribution is -2.48. The molecule has 0 unspecified atom stereocenters. The molecule has 0 aliphatic carbocycles. The summed E-state index contributed by atoms with van der Waals surface area (Å²) in [6.07, 6.45) is -0.936. The Balaban J connectivity index is 2.00. The molecule has 0 spiro atoms. The molecule has 9 nitrogen and oxygen atoms in total. The van der Waals surface area contributed by atoms with E-state index in [0.29, 0.717) is 43.2 Å². The highest BCUT2D eigenvalue weighted by atomic mass is 35.5. The predicted octanol–water partition coefficient (Wildman–Crippen LogP) is 0.110. The van der Waals surface area contributed by atoms with Crippen molar-refractivity contribution in [3.8, 4) is 0 Å². The SMILES string of the molecule is Cn1c(=O)[nH]c2c(N3CCN(C(=O)O)CC3)nc(Cl)nc21. The van der Waals surface area contributed by atoms with Gasteiger partial charge in [0.25, 0.3) is 0 Å². The van der Waals surface area contributed by atoms with Crippen LogP contribution in [0.1, 0.15) is 0 Å². The molecule has 2 aromatic rings. The van der Waals surface area contributed by atoms with Crippen molar-refractivity contribution in [1.29, 1.82) is 0 Å². The zero-order chi connectivity index (χ0) is 15.1. The van der Waals surface area contributed by atoms with E-state index in [1.165, 1.54) is 9.47 Å². The van der Waals surface area contributed by atoms with Crippen molar-refractivity contribution in [3.05, 3.63) is 15.8 Å². The number of nitrogens with zero attached hydrogens (tertiary/aromatic N) is 5. The van der Waals surface area contributed by atoms with Crippen molar-refractivity contribution >= 4 is 34.7 Å². The summed E-state index contributed by atoms with van der Waals surface area (Å²) in [6, 6.07) is 0. The van der Waals surface area contributed by atoms with Gasteiger partial charge >= 0.3 is 11.8 Å². The first-order valence-electron chi connectivity index (χ1n) is 6.32. The fourth-order valence-electron chi connectivity index (χ4n) is 2.39. The Kier molecular flexibility index (Phi) is 3.20. The minimum Gasteiger partial charge on any atom is -0.465 e. The van der Waals surface area contributed by atoms with E-state index >= 15 is 0 Å². The van der Waals surface area contributed by atoms with Crippen LogP contribution in [-0.2, 0) is 7.05 Å². The number of aromatic nitrogens is 4. The number of halogens is 1. The van der Waals surface area contributed by atoms with E-state index < -0.39 is 6.09 Å². The molecule has 1 aliphatic heterocycles. The molecule has 112 valence electrons. The standard InChI is InChI=1S/C11H13ClN6O3/c1-16-7-6(13-10(16)19)8(15-9(12)14-7)17-2-4-18(5-3-17)11(20)21/h2-5H2,1H3,(H,13,19)(H,20,21). The number of aromatic amines is 1. The Hall–Kier alpha value is -2.29. The summed E-state index contributed by atoms with van der Waals surface area (Å²) in [5.74, 6) is 0.521. The molecule has 2 N–H and O–H groups in total. The molecular formula is C11H13ClN6O3. The number of piperazine rings is 1. The molecule has 1 aliphatic rings. The number of aryl methyl sites for hydroxylation is 1. The number of amides is 1. The topological polar surface area (TPSA) is 107 Å². The lowest BCUT2D eigenvalue weighted by atomic mass is 10.3. The first-order chi connectivity index (χ1) is 9.97. The number of carbonyl (C=O) groups is 1. The smallest absolute Gasteiger partial charge is 0.407 e. The molecule has 21 heavy (non-hydrogen) atoms. The van der Waals surface area contributed by atoms with Crippen LogP contribution in [0.4, 0.5) is 10.6 Å². The lowest BCUT2D eigenvalue weighted by molar-refractivity contribution is 0.142. The average Bonchev–Trinajstić information content (AvgIpc) is 2.74. The third-order valence-electron chi connectivity index (χ3n) is 3.55. The van der Waals surface area contributed by atoms with Crippen LogP contribution in [-0.4, -0.2) is 61.8 Å². The van der Waals surface area contributed by atoms with E-state index in [0.717, 1.165) is 0 Å². The van der Waals surface area contributed by atoms with E-state index in [1.54, 1.807) is 7.05 Å². The van der Waals surface area contributed by atoms with Gasteiger partial charge < -0.3 is 19.9 Å². The first-order valence-corrected chi connectivity index (χ1v) is 6.70. The van der Waals surface area contributed by atoms with Gasteiger partial charge in [-0.3, -0.25) is 4.57 Å². The maximum Gasteiger partial charge on any atom is 0.407 e. The Bertz CT molecular complexity index is 761. The van der Waals surface area contributed by atoms with Gasteiger partial charge in [-0.15, -0.1) is 0 Å². The molecule has 0 saturated carbocycles. The number of rotatable bonds is 1. The summed E-state index contributed by atoms with van der Waals surface area (Å²) in [6.45, 7) is 1.70. The van der Waals surface area contributed by atoms with Gasteiger partial charge in [0.2, 0.25) is 5.28 Å². The molecule has 0 bridgehead atoms. The normalized spacial score (nSPS) is 15.7. The van der Waals surface area contributed by atoms with Crippen LogP contribution in [0.3, 0.4) is 0 Å². The molecule has 0 aromatic carbocycles. The van der Waals surface area contributed by atoms with Gasteiger partial charge in [0.05, 0.1) is 0 Å². The maximum atomic E-state index is 11.7. The maximum absolute atomic E-state index is 11.7. The summed E-state index contributed by atoms with van der Waals surface area (Å²) >= 11 is 5.92. The van der Waals surface area contributed by atoms with Gasteiger partial charge in [0.15, 0.2) is 11.5 Å². The third kappa shape index (κ3) is 2.29. The number of nitrogens with one attached hydrogen (secondary N) is 1. The number of fused-ring (bicyclic) bond motifs is 1. The fraction of sp³-hybridized carbons (Fsp3) is 0.455. The van der Waals surface area contributed by atoms with E-state index in [9.17, 15) is 9.59 Å². The van der Waals surface area contributed by atoms with Gasteiger partial charge in [-0.05, 0) is 11.6 Å². The van der Waals surface area contributed by atoms with Crippen molar-refractivity contribution in [2.75, 3.05) is 31.1 Å². The van der Waals surface area contributed by atoms with E-state index in [-0.39, 0.29) is 11.0 Å².